The van der Waals surface area contributed by atoms with Gasteiger partial charge in [0.1, 0.15) is 10.8 Å². The van der Waals surface area contributed by atoms with Crippen LogP contribution in [0.15, 0.2) is 18.2 Å². The van der Waals surface area contributed by atoms with Crippen molar-refractivity contribution in [2.24, 2.45) is 0 Å². The van der Waals surface area contributed by atoms with Crippen LogP contribution in [0.4, 0.5) is 10.1 Å². The lowest BCUT2D eigenvalue weighted by molar-refractivity contribution is -0.384. The number of nitro groups is 1. The van der Waals surface area contributed by atoms with Gasteiger partial charge in [0.2, 0.25) is 0 Å². The maximum Gasteiger partial charge on any atom is 0.282 e. The number of rotatable bonds is 4. The molecule has 0 aliphatic carbocycles. The minimum absolute atomic E-state index is 0.0678. The maximum atomic E-state index is 13.1. The van der Waals surface area contributed by atoms with Gasteiger partial charge in [-0.05, 0) is 18.6 Å². The number of halogens is 2. The van der Waals surface area contributed by atoms with Crippen molar-refractivity contribution >= 4 is 33.0 Å². The summed E-state index contributed by atoms with van der Waals surface area (Å²) >= 11 is 4.70. The van der Waals surface area contributed by atoms with Crippen LogP contribution >= 0.6 is 27.3 Å². The maximum absolute atomic E-state index is 13.1. The van der Waals surface area contributed by atoms with Crippen molar-refractivity contribution in [1.29, 1.82) is 0 Å². The monoisotopic (exact) mass is 345 g/mol. The number of nitrogens with zero attached hydrogens (tertiary/aromatic N) is 3. The average molecular weight is 346 g/mol. The van der Waals surface area contributed by atoms with Crippen LogP contribution in [0.5, 0.6) is 0 Å². The van der Waals surface area contributed by atoms with Crippen molar-refractivity contribution in [3.8, 4) is 10.6 Å². The van der Waals surface area contributed by atoms with Crippen LogP contribution < -0.4 is 0 Å². The van der Waals surface area contributed by atoms with Crippen molar-refractivity contribution < 1.29 is 9.31 Å². The summed E-state index contributed by atoms with van der Waals surface area (Å²) in [5.74, 6) is -0.646. The van der Waals surface area contributed by atoms with Gasteiger partial charge in [-0.1, -0.05) is 34.2 Å². The molecule has 1 aromatic heterocycles. The van der Waals surface area contributed by atoms with E-state index in [1.165, 1.54) is 23.5 Å². The molecule has 0 amide bonds. The van der Waals surface area contributed by atoms with E-state index >= 15 is 0 Å². The predicted molar refractivity (Wildman–Crippen MR) is 73.9 cm³/mol. The van der Waals surface area contributed by atoms with Gasteiger partial charge >= 0.3 is 0 Å². The molecular weight excluding hydrogens is 337 g/mol. The first-order valence-electron chi connectivity index (χ1n) is 5.44. The molecule has 0 saturated heterocycles. The Morgan fingerprint density at radius 2 is 2.26 bits per heavy atom. The zero-order chi connectivity index (χ0) is 14.0. The standard InChI is InChI=1S/C11H9BrFN3O2S/c1-2-8(12)11-15-14-10(19-11)7-4-3-6(13)5-9(7)16(17)18/h3-5,8H,2H2,1H3. The Morgan fingerprint density at radius 1 is 1.53 bits per heavy atom. The lowest BCUT2D eigenvalue weighted by atomic mass is 10.2. The summed E-state index contributed by atoms with van der Waals surface area (Å²) in [6.07, 6.45) is 0.833. The van der Waals surface area contributed by atoms with E-state index in [0.29, 0.717) is 5.01 Å². The number of nitro benzene ring substituents is 1. The predicted octanol–water partition coefficient (Wildman–Crippen LogP) is 4.10. The minimum Gasteiger partial charge on any atom is -0.258 e. The van der Waals surface area contributed by atoms with E-state index in [4.69, 9.17) is 0 Å². The molecule has 1 unspecified atom stereocenters. The van der Waals surface area contributed by atoms with Crippen molar-refractivity contribution in [2.45, 2.75) is 18.2 Å². The van der Waals surface area contributed by atoms with Gasteiger partial charge in [-0.15, -0.1) is 10.2 Å². The van der Waals surface area contributed by atoms with Gasteiger partial charge in [0.15, 0.2) is 5.01 Å². The topological polar surface area (TPSA) is 68.9 Å². The highest BCUT2D eigenvalue weighted by Gasteiger charge is 2.21. The van der Waals surface area contributed by atoms with E-state index in [1.54, 1.807) is 0 Å². The van der Waals surface area contributed by atoms with Crippen LogP contribution in [0.25, 0.3) is 10.6 Å². The second-order valence-electron chi connectivity index (χ2n) is 3.74. The fourth-order valence-corrected chi connectivity index (χ4v) is 2.79. The van der Waals surface area contributed by atoms with Gasteiger partial charge in [-0.3, -0.25) is 10.1 Å². The molecule has 0 spiro atoms. The first kappa shape index (κ1) is 14.0. The number of alkyl halides is 1. The highest BCUT2D eigenvalue weighted by molar-refractivity contribution is 9.09. The van der Waals surface area contributed by atoms with Crippen molar-refractivity contribution in [2.75, 3.05) is 0 Å². The highest BCUT2D eigenvalue weighted by atomic mass is 79.9. The molecule has 100 valence electrons. The molecule has 19 heavy (non-hydrogen) atoms. The Labute approximate surface area is 120 Å². The first-order valence-corrected chi connectivity index (χ1v) is 7.18. The number of hydrogen-bond acceptors (Lipinski definition) is 5. The number of benzene rings is 1. The molecule has 0 N–H and O–H groups in total. The fourth-order valence-electron chi connectivity index (χ4n) is 1.48. The molecular formula is C11H9BrFN3O2S. The van der Waals surface area contributed by atoms with Crippen LogP contribution in [0, 0.1) is 15.9 Å². The first-order chi connectivity index (χ1) is 9.02. The quantitative estimate of drug-likeness (QED) is 0.475. The Bertz CT molecular complexity index is 620. The molecule has 0 aliphatic rings. The van der Waals surface area contributed by atoms with E-state index in [1.807, 2.05) is 6.92 Å². The summed E-state index contributed by atoms with van der Waals surface area (Å²) in [6.45, 7) is 1.99. The summed E-state index contributed by atoms with van der Waals surface area (Å²) in [7, 11) is 0. The van der Waals surface area contributed by atoms with Gasteiger partial charge < -0.3 is 0 Å². The van der Waals surface area contributed by atoms with Gasteiger partial charge in [-0.25, -0.2) is 4.39 Å². The Balaban J connectivity index is 2.47. The molecule has 0 saturated carbocycles. The smallest absolute Gasteiger partial charge is 0.258 e. The van der Waals surface area contributed by atoms with Gasteiger partial charge in [0.25, 0.3) is 5.69 Å². The number of hydrogen-bond donors (Lipinski definition) is 0. The van der Waals surface area contributed by atoms with E-state index in [9.17, 15) is 14.5 Å². The second kappa shape index (κ2) is 5.70. The van der Waals surface area contributed by atoms with E-state index < -0.39 is 10.7 Å². The van der Waals surface area contributed by atoms with Crippen molar-refractivity contribution in [1.82, 2.24) is 10.2 Å². The van der Waals surface area contributed by atoms with Crippen LogP contribution in [0.2, 0.25) is 0 Å². The zero-order valence-electron chi connectivity index (χ0n) is 9.84. The lowest BCUT2D eigenvalue weighted by Gasteiger charge is -1.99. The van der Waals surface area contributed by atoms with E-state index in [2.05, 4.69) is 26.1 Å². The molecule has 1 atom stereocenters. The molecule has 2 aromatic rings. The van der Waals surface area contributed by atoms with E-state index in [-0.39, 0.29) is 16.1 Å². The largest absolute Gasteiger partial charge is 0.282 e. The summed E-state index contributed by atoms with van der Waals surface area (Å²) in [5.41, 5.74) is -0.0173. The lowest BCUT2D eigenvalue weighted by Crippen LogP contribution is -1.92. The van der Waals surface area contributed by atoms with Crippen LogP contribution in [0.1, 0.15) is 23.2 Å². The molecule has 0 radical (unpaired) electrons. The summed E-state index contributed by atoms with van der Waals surface area (Å²) in [6, 6.07) is 3.42. The molecule has 8 heteroatoms. The molecule has 1 aromatic carbocycles. The minimum atomic E-state index is -0.646. The van der Waals surface area contributed by atoms with E-state index in [0.717, 1.165) is 17.5 Å². The fraction of sp³-hybridized carbons (Fsp3) is 0.273. The van der Waals surface area contributed by atoms with Crippen LogP contribution in [-0.4, -0.2) is 15.1 Å². The Hall–Kier alpha value is -1.41. The van der Waals surface area contributed by atoms with Crippen LogP contribution in [-0.2, 0) is 0 Å². The Morgan fingerprint density at radius 3 is 2.89 bits per heavy atom. The summed E-state index contributed by atoms with van der Waals surface area (Å²) in [4.78, 5) is 10.4. The summed E-state index contributed by atoms with van der Waals surface area (Å²) in [5, 5.41) is 20.0. The Kier molecular flexibility index (Phi) is 4.20. The third kappa shape index (κ3) is 2.95. The third-order valence-electron chi connectivity index (χ3n) is 2.45. The van der Waals surface area contributed by atoms with Crippen molar-refractivity contribution in [3.05, 3.63) is 39.1 Å². The van der Waals surface area contributed by atoms with Gasteiger partial charge in [0, 0.05) is 0 Å². The molecule has 5 nitrogen and oxygen atoms in total. The molecule has 0 fully saturated rings. The highest BCUT2D eigenvalue weighted by Crippen LogP contribution is 2.36. The summed E-state index contributed by atoms with van der Waals surface area (Å²) < 4.78 is 13.1. The molecule has 2 rings (SSSR count). The molecule has 0 bridgehead atoms. The second-order valence-corrected chi connectivity index (χ2v) is 5.85. The molecule has 1 heterocycles. The average Bonchev–Trinajstić information content (AvgIpc) is 2.87. The normalized spacial score (nSPS) is 12.4. The van der Waals surface area contributed by atoms with Crippen molar-refractivity contribution in [3.63, 3.8) is 0 Å². The van der Waals surface area contributed by atoms with Gasteiger partial charge in [-0.2, -0.15) is 0 Å². The third-order valence-corrected chi connectivity index (χ3v) is 4.91. The number of aromatic nitrogens is 2. The van der Waals surface area contributed by atoms with Gasteiger partial charge in [0.05, 0.1) is 21.4 Å². The zero-order valence-corrected chi connectivity index (χ0v) is 12.2. The van der Waals surface area contributed by atoms with Crippen LogP contribution in [0.3, 0.4) is 0 Å². The SMILES string of the molecule is CCC(Br)c1nnc(-c2ccc(F)cc2[N+](=O)[O-])s1. The molecule has 0 aliphatic heterocycles.